The first-order valence-corrected chi connectivity index (χ1v) is 9.37. The van der Waals surface area contributed by atoms with Gasteiger partial charge < -0.3 is 10.1 Å². The number of fused-ring (bicyclic) bond motifs is 2. The predicted molar refractivity (Wildman–Crippen MR) is 107 cm³/mol. The molecule has 0 aromatic heterocycles. The van der Waals surface area contributed by atoms with Crippen LogP contribution in [-0.2, 0) is 4.74 Å². The third kappa shape index (κ3) is 2.75. The zero-order chi connectivity index (χ0) is 19.9. The van der Waals surface area contributed by atoms with Gasteiger partial charge in [-0.15, -0.1) is 0 Å². The summed E-state index contributed by atoms with van der Waals surface area (Å²) in [6, 6.07) is 10.3. The second-order valence-electron chi connectivity index (χ2n) is 7.89. The molecule has 1 fully saturated rings. The van der Waals surface area contributed by atoms with Gasteiger partial charge in [0.2, 0.25) is 5.70 Å². The lowest BCUT2D eigenvalue weighted by atomic mass is 9.91. The van der Waals surface area contributed by atoms with Crippen LogP contribution in [0.3, 0.4) is 0 Å². The Kier molecular flexibility index (Phi) is 4.21. The van der Waals surface area contributed by atoms with Crippen molar-refractivity contribution in [2.45, 2.75) is 38.3 Å². The Balaban J connectivity index is 1.67. The van der Waals surface area contributed by atoms with Crippen molar-refractivity contribution in [2.24, 2.45) is 11.8 Å². The molecule has 1 saturated carbocycles. The summed E-state index contributed by atoms with van der Waals surface area (Å²) in [6.45, 7) is 18.5. The van der Waals surface area contributed by atoms with Crippen LogP contribution in [0.25, 0.3) is 15.3 Å². The van der Waals surface area contributed by atoms with Crippen LogP contribution >= 0.6 is 0 Å². The first-order chi connectivity index (χ1) is 13.5. The molecule has 0 spiro atoms. The van der Waals surface area contributed by atoms with Crippen LogP contribution in [0.15, 0.2) is 53.6 Å². The molecule has 2 atom stereocenters. The lowest BCUT2D eigenvalue weighted by molar-refractivity contribution is 0.109. The van der Waals surface area contributed by atoms with Crippen LogP contribution < -0.4 is 5.32 Å². The van der Waals surface area contributed by atoms with Crippen molar-refractivity contribution in [1.29, 1.82) is 5.26 Å². The molecule has 3 aliphatic rings. The van der Waals surface area contributed by atoms with Gasteiger partial charge in [-0.05, 0) is 56.2 Å². The smallest absolute Gasteiger partial charge is 0.292 e. The summed E-state index contributed by atoms with van der Waals surface area (Å²) < 4.78 is 5.87. The number of allylic oxidation sites excluding steroid dienone is 1. The second kappa shape index (κ2) is 6.59. The van der Waals surface area contributed by atoms with Gasteiger partial charge in [-0.1, -0.05) is 24.3 Å². The molecule has 0 radical (unpaired) electrons. The maximum Gasteiger partial charge on any atom is 0.292 e. The zero-order valence-electron chi connectivity index (χ0n) is 15.9. The summed E-state index contributed by atoms with van der Waals surface area (Å²) >= 11 is 0. The summed E-state index contributed by atoms with van der Waals surface area (Å²) in [5.41, 5.74) is 1.92. The molecule has 28 heavy (non-hydrogen) atoms. The fraction of sp³-hybridized carbons (Fsp3) is 0.348. The van der Waals surface area contributed by atoms with Crippen LogP contribution in [-0.4, -0.2) is 11.6 Å². The zero-order valence-corrected chi connectivity index (χ0v) is 15.9. The Morgan fingerprint density at radius 1 is 1.18 bits per heavy atom. The van der Waals surface area contributed by atoms with Gasteiger partial charge in [-0.2, -0.15) is 0 Å². The van der Waals surface area contributed by atoms with Crippen molar-refractivity contribution < 1.29 is 4.74 Å². The van der Waals surface area contributed by atoms with Crippen molar-refractivity contribution in [3.63, 3.8) is 0 Å². The maximum absolute atomic E-state index is 9.21. The first-order valence-electron chi connectivity index (χ1n) is 9.37. The lowest BCUT2D eigenvalue weighted by Crippen LogP contribution is -2.25. The molecular formula is C23H20N4O. The van der Waals surface area contributed by atoms with Gasteiger partial charge in [0.05, 0.1) is 19.2 Å². The van der Waals surface area contributed by atoms with E-state index in [1.54, 1.807) is 0 Å². The Labute approximate surface area is 165 Å². The van der Waals surface area contributed by atoms with E-state index in [2.05, 4.69) is 27.2 Å². The Morgan fingerprint density at radius 3 is 2.32 bits per heavy atom. The van der Waals surface area contributed by atoms with Crippen LogP contribution in [0.4, 0.5) is 5.69 Å². The van der Waals surface area contributed by atoms with Gasteiger partial charge in [-0.25, -0.2) is 15.0 Å². The molecule has 1 aliphatic heterocycles. The number of benzene rings is 1. The highest BCUT2D eigenvalue weighted by molar-refractivity contribution is 5.82. The number of anilines is 1. The summed E-state index contributed by atoms with van der Waals surface area (Å²) in [5, 5.41) is 12.9. The number of nitrogens with one attached hydrogen (secondary N) is 1. The van der Waals surface area contributed by atoms with E-state index >= 15 is 0 Å². The van der Waals surface area contributed by atoms with Gasteiger partial charge in [0.25, 0.3) is 5.70 Å². The fourth-order valence-corrected chi connectivity index (χ4v) is 4.55. The molecule has 1 aromatic rings. The van der Waals surface area contributed by atoms with Gasteiger partial charge >= 0.3 is 0 Å². The van der Waals surface area contributed by atoms with E-state index in [0.717, 1.165) is 11.3 Å². The first kappa shape index (κ1) is 17.9. The minimum absolute atomic E-state index is 0.0864. The van der Waals surface area contributed by atoms with Gasteiger partial charge in [0.1, 0.15) is 11.4 Å². The van der Waals surface area contributed by atoms with Crippen molar-refractivity contribution in [3.05, 3.63) is 82.0 Å². The molecule has 1 heterocycles. The standard InChI is InChI=1S/C23H20N4O/c1-23(2)19(21(26-4)22(28-23)18(13-24)25-3)14-9-11-17(12-10-14)27-20-15-5-6-16(20)8-7-15/h5-6,9-12,15-16,20,27H,7-8H2,1-2H3. The highest BCUT2D eigenvalue weighted by Crippen LogP contribution is 2.46. The topological polar surface area (TPSA) is 53.8 Å². The normalized spacial score (nSPS) is 28.3. The second-order valence-corrected chi connectivity index (χ2v) is 7.89. The summed E-state index contributed by atoms with van der Waals surface area (Å²) in [5.74, 6) is 1.33. The van der Waals surface area contributed by atoms with Crippen LogP contribution in [0.1, 0.15) is 32.3 Å². The van der Waals surface area contributed by atoms with Gasteiger partial charge in [0.15, 0.2) is 0 Å². The molecule has 0 saturated heterocycles. The third-order valence-electron chi connectivity index (χ3n) is 5.82. The largest absolute Gasteiger partial charge is 0.505 e. The van der Waals surface area contributed by atoms with Crippen LogP contribution in [0.2, 0.25) is 0 Å². The number of rotatable bonds is 3. The SMILES string of the molecule is [C-]#[N+]C(C#N)=C1OC(C)(C)C(c2ccc(NC3C4C=CC3CC4)cc2)=C1[N+]#[C-]. The molecule has 5 nitrogen and oxygen atoms in total. The summed E-state index contributed by atoms with van der Waals surface area (Å²) in [4.78, 5) is 6.82. The van der Waals surface area contributed by atoms with E-state index in [4.69, 9.17) is 17.9 Å². The number of ether oxygens (including phenoxy) is 1. The van der Waals surface area contributed by atoms with Crippen molar-refractivity contribution in [3.8, 4) is 6.07 Å². The highest BCUT2D eigenvalue weighted by Gasteiger charge is 2.41. The number of nitriles is 1. The third-order valence-corrected chi connectivity index (χ3v) is 5.82. The summed E-state index contributed by atoms with van der Waals surface area (Å²) in [7, 11) is 0. The minimum Gasteiger partial charge on any atom is -0.505 e. The Hall–Kier alpha value is -3.49. The average molecular weight is 368 g/mol. The van der Waals surface area contributed by atoms with Crippen LogP contribution in [0.5, 0.6) is 0 Å². The lowest BCUT2D eigenvalue weighted by Gasteiger charge is -2.24. The Morgan fingerprint density at radius 2 is 1.82 bits per heavy atom. The molecule has 2 unspecified atom stereocenters. The molecule has 138 valence electrons. The number of nitrogens with zero attached hydrogens (tertiary/aromatic N) is 3. The maximum atomic E-state index is 9.21. The van der Waals surface area contributed by atoms with E-state index in [-0.39, 0.29) is 17.2 Å². The van der Waals surface area contributed by atoms with Crippen LogP contribution in [0, 0.1) is 36.3 Å². The monoisotopic (exact) mass is 368 g/mol. The molecule has 2 aliphatic carbocycles. The van der Waals surface area contributed by atoms with Gasteiger partial charge in [-0.3, -0.25) is 0 Å². The van der Waals surface area contributed by atoms with E-state index < -0.39 is 5.60 Å². The molecule has 2 bridgehead atoms. The number of hydrogen-bond acceptors (Lipinski definition) is 3. The molecular weight excluding hydrogens is 348 g/mol. The minimum atomic E-state index is -0.786. The van der Waals surface area contributed by atoms with E-state index in [1.807, 2.05) is 44.2 Å². The highest BCUT2D eigenvalue weighted by atomic mass is 16.5. The Bertz CT molecular complexity index is 1010. The van der Waals surface area contributed by atoms with Crippen molar-refractivity contribution in [2.75, 3.05) is 5.32 Å². The van der Waals surface area contributed by atoms with Crippen molar-refractivity contribution in [1.82, 2.24) is 0 Å². The van der Waals surface area contributed by atoms with Crippen molar-refractivity contribution >= 4 is 11.3 Å². The van der Waals surface area contributed by atoms with E-state index in [1.165, 1.54) is 12.8 Å². The molecule has 1 N–H and O–H groups in total. The van der Waals surface area contributed by atoms with E-state index in [9.17, 15) is 5.26 Å². The van der Waals surface area contributed by atoms with Gasteiger partial charge in [0, 0.05) is 17.3 Å². The molecule has 0 amide bonds. The molecule has 1 aromatic carbocycles. The molecule has 5 heteroatoms. The fourth-order valence-electron chi connectivity index (χ4n) is 4.55. The molecule has 4 rings (SSSR count). The van der Waals surface area contributed by atoms with E-state index in [0.29, 0.717) is 23.5 Å². The summed E-state index contributed by atoms with van der Waals surface area (Å²) in [6.07, 6.45) is 7.15. The quantitative estimate of drug-likeness (QED) is 0.456. The average Bonchev–Trinajstić information content (AvgIpc) is 3.34. The number of hydrogen-bond donors (Lipinski definition) is 1. The predicted octanol–water partition coefficient (Wildman–Crippen LogP) is 5.16.